The third-order valence-corrected chi connectivity index (χ3v) is 4.29. The zero-order valence-corrected chi connectivity index (χ0v) is 13.2. The maximum absolute atomic E-state index is 12.1. The normalized spacial score (nSPS) is 19.4. The van der Waals surface area contributed by atoms with Gasteiger partial charge in [0.05, 0.1) is 0 Å². The maximum Gasteiger partial charge on any atom is 0.223 e. The van der Waals surface area contributed by atoms with E-state index in [0.717, 1.165) is 17.7 Å². The van der Waals surface area contributed by atoms with Gasteiger partial charge in [0.15, 0.2) is 0 Å². The van der Waals surface area contributed by atoms with Crippen molar-refractivity contribution in [2.24, 2.45) is 17.1 Å². The van der Waals surface area contributed by atoms with Gasteiger partial charge in [0, 0.05) is 25.1 Å². The average molecular weight is 290 g/mol. The Kier molecular flexibility index (Phi) is 4.14. The molecule has 0 radical (unpaired) electrons. The first-order valence-electron chi connectivity index (χ1n) is 6.94. The highest BCUT2D eigenvalue weighted by Crippen LogP contribution is 2.34. The van der Waals surface area contributed by atoms with E-state index < -0.39 is 0 Å². The van der Waals surface area contributed by atoms with E-state index in [1.807, 2.05) is 29.2 Å². The molecule has 108 valence electrons. The average Bonchev–Trinajstić information content (AvgIpc) is 2.71. The Hall–Kier alpha value is -1.42. The van der Waals surface area contributed by atoms with Crippen LogP contribution in [0.2, 0.25) is 0 Å². The lowest BCUT2D eigenvalue weighted by Gasteiger charge is -2.26. The van der Waals surface area contributed by atoms with E-state index >= 15 is 0 Å². The Bertz CT molecular complexity index is 516. The van der Waals surface area contributed by atoms with Gasteiger partial charge >= 0.3 is 0 Å². The molecule has 20 heavy (non-hydrogen) atoms. The van der Waals surface area contributed by atoms with Crippen LogP contribution < -0.4 is 5.73 Å². The first-order valence-corrected chi connectivity index (χ1v) is 7.34. The van der Waals surface area contributed by atoms with E-state index in [9.17, 15) is 4.79 Å². The van der Waals surface area contributed by atoms with E-state index in [1.54, 1.807) is 0 Å². The van der Waals surface area contributed by atoms with Crippen LogP contribution in [0.15, 0.2) is 24.3 Å². The summed E-state index contributed by atoms with van der Waals surface area (Å²) in [7, 11) is 0. The van der Waals surface area contributed by atoms with Gasteiger partial charge in [0.1, 0.15) is 4.99 Å². The zero-order chi connectivity index (χ0) is 14.9. The fourth-order valence-corrected chi connectivity index (χ4v) is 2.64. The van der Waals surface area contributed by atoms with Crippen molar-refractivity contribution in [3.8, 4) is 0 Å². The summed E-state index contributed by atoms with van der Waals surface area (Å²) >= 11 is 4.94. The van der Waals surface area contributed by atoms with E-state index in [4.69, 9.17) is 18.0 Å². The summed E-state index contributed by atoms with van der Waals surface area (Å²) in [4.78, 5) is 14.5. The molecule has 1 unspecified atom stereocenters. The Balaban J connectivity index is 2.03. The van der Waals surface area contributed by atoms with Crippen molar-refractivity contribution in [2.75, 3.05) is 6.54 Å². The van der Waals surface area contributed by atoms with Crippen molar-refractivity contribution >= 4 is 23.1 Å². The number of nitrogens with zero attached hydrogens (tertiary/aromatic N) is 1. The predicted molar refractivity (Wildman–Crippen MR) is 85.3 cm³/mol. The van der Waals surface area contributed by atoms with Gasteiger partial charge in [-0.15, -0.1) is 0 Å². The van der Waals surface area contributed by atoms with Crippen LogP contribution in [0.3, 0.4) is 0 Å². The van der Waals surface area contributed by atoms with Crippen molar-refractivity contribution in [2.45, 2.75) is 33.7 Å². The van der Waals surface area contributed by atoms with Crippen molar-refractivity contribution in [1.82, 2.24) is 4.90 Å². The Labute approximate surface area is 126 Å². The Morgan fingerprint density at radius 1 is 1.35 bits per heavy atom. The summed E-state index contributed by atoms with van der Waals surface area (Å²) in [6, 6.07) is 7.82. The van der Waals surface area contributed by atoms with Gasteiger partial charge < -0.3 is 10.6 Å². The number of likely N-dealkylation sites (tertiary alicyclic amines) is 1. The van der Waals surface area contributed by atoms with Crippen LogP contribution in [0, 0.1) is 11.3 Å². The van der Waals surface area contributed by atoms with Crippen molar-refractivity contribution in [3.63, 3.8) is 0 Å². The van der Waals surface area contributed by atoms with Crippen molar-refractivity contribution in [3.05, 3.63) is 35.4 Å². The molecule has 1 aromatic rings. The van der Waals surface area contributed by atoms with Crippen LogP contribution in [-0.4, -0.2) is 22.3 Å². The molecular weight excluding hydrogens is 268 g/mol. The van der Waals surface area contributed by atoms with Crippen molar-refractivity contribution < 1.29 is 4.79 Å². The second-order valence-corrected chi connectivity index (χ2v) is 7.04. The molecule has 0 saturated carbocycles. The summed E-state index contributed by atoms with van der Waals surface area (Å²) < 4.78 is 0. The van der Waals surface area contributed by atoms with Gasteiger partial charge in [-0.1, -0.05) is 57.3 Å². The summed E-state index contributed by atoms with van der Waals surface area (Å²) in [5, 5.41) is 0. The molecule has 0 spiro atoms. The number of carbonyl (C=O) groups excluding carboxylic acids is 1. The highest BCUT2D eigenvalue weighted by molar-refractivity contribution is 7.80. The lowest BCUT2D eigenvalue weighted by Crippen LogP contribution is -2.27. The summed E-state index contributed by atoms with van der Waals surface area (Å²) in [5.41, 5.74) is 7.75. The highest BCUT2D eigenvalue weighted by atomic mass is 32.1. The van der Waals surface area contributed by atoms with Crippen LogP contribution in [0.1, 0.15) is 38.3 Å². The van der Waals surface area contributed by atoms with Gasteiger partial charge in [0.25, 0.3) is 0 Å². The number of carbonyl (C=O) groups is 1. The molecule has 1 aliphatic heterocycles. The monoisotopic (exact) mass is 290 g/mol. The third-order valence-electron chi connectivity index (χ3n) is 4.05. The van der Waals surface area contributed by atoms with Crippen LogP contribution in [-0.2, 0) is 11.3 Å². The first kappa shape index (κ1) is 15.0. The summed E-state index contributed by atoms with van der Waals surface area (Å²) in [5.74, 6) is 0.689. The number of rotatable bonds is 3. The number of amides is 1. The molecule has 2 rings (SSSR count). The largest absolute Gasteiger partial charge is 0.389 e. The lowest BCUT2D eigenvalue weighted by atomic mass is 9.80. The number of hydrogen-bond acceptors (Lipinski definition) is 2. The smallest absolute Gasteiger partial charge is 0.223 e. The first-order chi connectivity index (χ1) is 9.27. The second-order valence-electron chi connectivity index (χ2n) is 6.60. The molecular formula is C16H22N2OS. The molecule has 1 aliphatic rings. The SMILES string of the molecule is CC(C)(C)C1CC(=O)N(Cc2ccc(C(N)=S)cc2)C1. The number of hydrogen-bond donors (Lipinski definition) is 1. The van der Waals surface area contributed by atoms with Crippen LogP contribution in [0.5, 0.6) is 0 Å². The van der Waals surface area contributed by atoms with Gasteiger partial charge in [-0.05, 0) is 16.9 Å². The molecule has 4 heteroatoms. The van der Waals surface area contributed by atoms with Crippen LogP contribution >= 0.6 is 12.2 Å². The summed E-state index contributed by atoms with van der Waals surface area (Å²) in [6.45, 7) is 8.12. The standard InChI is InChI=1S/C16H22N2OS/c1-16(2,3)13-8-14(19)18(10-13)9-11-4-6-12(7-5-11)15(17)20/h4-7,13H,8-10H2,1-3H3,(H2,17,20). The third kappa shape index (κ3) is 3.37. The minimum Gasteiger partial charge on any atom is -0.389 e. The number of benzene rings is 1. The fraction of sp³-hybridized carbons (Fsp3) is 0.500. The molecule has 0 aliphatic carbocycles. The molecule has 1 saturated heterocycles. The van der Waals surface area contributed by atoms with E-state index in [-0.39, 0.29) is 11.3 Å². The Morgan fingerprint density at radius 3 is 2.40 bits per heavy atom. The second kappa shape index (κ2) is 5.52. The molecule has 1 amide bonds. The van der Waals surface area contributed by atoms with E-state index in [2.05, 4.69) is 20.8 Å². The van der Waals surface area contributed by atoms with E-state index in [1.165, 1.54) is 0 Å². The number of nitrogens with two attached hydrogens (primary N) is 1. The topological polar surface area (TPSA) is 46.3 Å². The lowest BCUT2D eigenvalue weighted by molar-refractivity contribution is -0.128. The van der Waals surface area contributed by atoms with E-state index in [0.29, 0.717) is 23.9 Å². The van der Waals surface area contributed by atoms with Crippen LogP contribution in [0.4, 0.5) is 0 Å². The van der Waals surface area contributed by atoms with Gasteiger partial charge in [-0.3, -0.25) is 4.79 Å². The quantitative estimate of drug-likeness (QED) is 0.871. The molecule has 1 atom stereocenters. The molecule has 1 heterocycles. The molecule has 0 aromatic heterocycles. The maximum atomic E-state index is 12.1. The molecule has 1 fully saturated rings. The van der Waals surface area contributed by atoms with Gasteiger partial charge in [-0.25, -0.2) is 0 Å². The predicted octanol–water partition coefficient (Wildman–Crippen LogP) is 2.72. The minimum atomic E-state index is 0.181. The van der Waals surface area contributed by atoms with Crippen LogP contribution in [0.25, 0.3) is 0 Å². The zero-order valence-electron chi connectivity index (χ0n) is 12.3. The molecule has 3 nitrogen and oxygen atoms in total. The van der Waals surface area contributed by atoms with Crippen molar-refractivity contribution in [1.29, 1.82) is 0 Å². The highest BCUT2D eigenvalue weighted by Gasteiger charge is 2.36. The molecule has 2 N–H and O–H groups in total. The fourth-order valence-electron chi connectivity index (χ4n) is 2.50. The van der Waals surface area contributed by atoms with Gasteiger partial charge in [-0.2, -0.15) is 0 Å². The number of thiocarbonyl (C=S) groups is 1. The molecule has 0 bridgehead atoms. The van der Waals surface area contributed by atoms with Gasteiger partial charge in [0.2, 0.25) is 5.91 Å². The molecule has 1 aromatic carbocycles. The Morgan fingerprint density at radius 2 is 1.95 bits per heavy atom. The minimum absolute atomic E-state index is 0.181. The summed E-state index contributed by atoms with van der Waals surface area (Å²) in [6.07, 6.45) is 0.661.